The third kappa shape index (κ3) is 5.65. The summed E-state index contributed by atoms with van der Waals surface area (Å²) in [6.07, 6.45) is 1.64. The zero-order chi connectivity index (χ0) is 21.6. The molecule has 1 unspecified atom stereocenters. The minimum absolute atomic E-state index is 0.0229. The Hall–Kier alpha value is -2.75. The second-order valence-electron chi connectivity index (χ2n) is 6.98. The molecule has 0 saturated carbocycles. The highest BCUT2D eigenvalue weighted by Gasteiger charge is 2.21. The van der Waals surface area contributed by atoms with Gasteiger partial charge in [0.15, 0.2) is 0 Å². The Morgan fingerprint density at radius 2 is 1.80 bits per heavy atom. The maximum absolute atomic E-state index is 12.5. The molecule has 1 aliphatic heterocycles. The van der Waals surface area contributed by atoms with Crippen molar-refractivity contribution in [2.45, 2.75) is 30.4 Å². The van der Waals surface area contributed by atoms with Crippen molar-refractivity contribution in [3.8, 4) is 0 Å². The molecule has 2 aromatic rings. The first-order valence-corrected chi connectivity index (χ1v) is 11.2. The molecule has 0 radical (unpaired) electrons. The lowest BCUT2D eigenvalue weighted by Gasteiger charge is -2.12. The number of carbonyl (C=O) groups excluding carboxylic acids is 2. The topological polar surface area (TPSA) is 114 Å². The van der Waals surface area contributed by atoms with Crippen LogP contribution in [0.15, 0.2) is 53.4 Å². The van der Waals surface area contributed by atoms with Crippen LogP contribution in [-0.4, -0.2) is 46.5 Å². The summed E-state index contributed by atoms with van der Waals surface area (Å²) in [5.74, 6) is -0.617. The molecule has 3 N–H and O–H groups in total. The molecule has 2 amide bonds. The van der Waals surface area contributed by atoms with Crippen molar-refractivity contribution in [2.75, 3.05) is 20.2 Å². The Labute approximate surface area is 176 Å². The Balaban J connectivity index is 1.63. The van der Waals surface area contributed by atoms with Crippen LogP contribution in [0.2, 0.25) is 0 Å². The lowest BCUT2D eigenvalue weighted by atomic mass is 10.1. The average molecular weight is 432 g/mol. The van der Waals surface area contributed by atoms with E-state index in [1.807, 2.05) is 0 Å². The van der Waals surface area contributed by atoms with E-state index in [4.69, 9.17) is 4.74 Å². The van der Waals surface area contributed by atoms with E-state index in [9.17, 15) is 18.0 Å². The van der Waals surface area contributed by atoms with Gasteiger partial charge in [-0.15, -0.1) is 0 Å². The van der Waals surface area contributed by atoms with Gasteiger partial charge in [0.05, 0.1) is 11.0 Å². The molecule has 3 rings (SSSR count). The molecule has 9 heteroatoms. The first-order valence-electron chi connectivity index (χ1n) is 9.69. The van der Waals surface area contributed by atoms with Gasteiger partial charge in [-0.25, -0.2) is 13.1 Å². The van der Waals surface area contributed by atoms with E-state index in [1.165, 1.54) is 18.2 Å². The van der Waals surface area contributed by atoms with Gasteiger partial charge in [0, 0.05) is 37.9 Å². The molecule has 0 aliphatic carbocycles. The quantitative estimate of drug-likeness (QED) is 0.585. The fraction of sp³-hybridized carbons (Fsp3) is 0.333. The molecule has 0 spiro atoms. The maximum atomic E-state index is 12.5. The van der Waals surface area contributed by atoms with Crippen LogP contribution in [0, 0.1) is 0 Å². The number of rotatable bonds is 8. The van der Waals surface area contributed by atoms with E-state index in [0.717, 1.165) is 18.4 Å². The van der Waals surface area contributed by atoms with Gasteiger partial charge >= 0.3 is 0 Å². The fourth-order valence-corrected chi connectivity index (χ4v) is 4.26. The van der Waals surface area contributed by atoms with Crippen LogP contribution in [0.4, 0.5) is 0 Å². The Kier molecular flexibility index (Phi) is 7.20. The molecule has 1 heterocycles. The van der Waals surface area contributed by atoms with Crippen molar-refractivity contribution >= 4 is 21.8 Å². The first kappa shape index (κ1) is 21.9. The monoisotopic (exact) mass is 431 g/mol. The van der Waals surface area contributed by atoms with E-state index in [1.54, 1.807) is 37.4 Å². The zero-order valence-electron chi connectivity index (χ0n) is 16.7. The van der Waals surface area contributed by atoms with Crippen molar-refractivity contribution in [3.05, 3.63) is 65.2 Å². The Bertz CT molecular complexity index is 1020. The number of benzene rings is 2. The Morgan fingerprint density at radius 3 is 2.50 bits per heavy atom. The molecule has 30 heavy (non-hydrogen) atoms. The number of sulfonamides is 1. The van der Waals surface area contributed by atoms with Crippen LogP contribution in [-0.2, 0) is 21.3 Å². The summed E-state index contributed by atoms with van der Waals surface area (Å²) < 4.78 is 33.0. The number of hydrogen-bond acceptors (Lipinski definition) is 5. The standard InChI is InChI=1S/C21H25N3O5S/c1-22-20(25)16-6-2-5-15(11-16)13-23-21(26)17-7-3-9-19(12-17)30(27,28)24-14-18-8-4-10-29-18/h2-3,5-7,9,11-12,18,24H,4,8,10,13-14H2,1H3,(H,22,25)(H,23,26). The zero-order valence-corrected chi connectivity index (χ0v) is 17.5. The van der Waals surface area contributed by atoms with Crippen LogP contribution < -0.4 is 15.4 Å². The van der Waals surface area contributed by atoms with Crippen LogP contribution in [0.1, 0.15) is 39.1 Å². The summed E-state index contributed by atoms with van der Waals surface area (Å²) in [6.45, 7) is 1.06. The molecule has 0 bridgehead atoms. The van der Waals surface area contributed by atoms with E-state index >= 15 is 0 Å². The summed E-state index contributed by atoms with van der Waals surface area (Å²) in [7, 11) is -2.19. The van der Waals surface area contributed by atoms with Crippen molar-refractivity contribution in [1.29, 1.82) is 0 Å². The molecule has 1 atom stereocenters. The number of amides is 2. The molecule has 0 aromatic heterocycles. The van der Waals surface area contributed by atoms with Crippen LogP contribution in [0.5, 0.6) is 0 Å². The van der Waals surface area contributed by atoms with Gasteiger partial charge in [-0.3, -0.25) is 9.59 Å². The average Bonchev–Trinajstić information content (AvgIpc) is 3.29. The SMILES string of the molecule is CNC(=O)c1cccc(CNC(=O)c2cccc(S(=O)(=O)NCC3CCCO3)c2)c1. The lowest BCUT2D eigenvalue weighted by molar-refractivity contribution is 0.0948. The second kappa shape index (κ2) is 9.84. The summed E-state index contributed by atoms with van der Waals surface area (Å²) in [5.41, 5.74) is 1.48. The van der Waals surface area contributed by atoms with Crippen molar-refractivity contribution in [3.63, 3.8) is 0 Å². The smallest absolute Gasteiger partial charge is 0.251 e. The van der Waals surface area contributed by atoms with E-state index < -0.39 is 15.9 Å². The van der Waals surface area contributed by atoms with Crippen molar-refractivity contribution in [2.24, 2.45) is 0 Å². The predicted molar refractivity (Wildman–Crippen MR) is 112 cm³/mol. The minimum atomic E-state index is -3.74. The van der Waals surface area contributed by atoms with Gasteiger partial charge < -0.3 is 15.4 Å². The van der Waals surface area contributed by atoms with Crippen LogP contribution in [0.25, 0.3) is 0 Å². The third-order valence-corrected chi connectivity index (χ3v) is 6.22. The van der Waals surface area contributed by atoms with Crippen LogP contribution in [0.3, 0.4) is 0 Å². The van der Waals surface area contributed by atoms with E-state index in [0.29, 0.717) is 12.2 Å². The van der Waals surface area contributed by atoms with E-state index in [-0.39, 0.29) is 35.6 Å². The van der Waals surface area contributed by atoms with Gasteiger partial charge in [-0.1, -0.05) is 18.2 Å². The van der Waals surface area contributed by atoms with Crippen LogP contribution >= 0.6 is 0 Å². The Morgan fingerprint density at radius 1 is 1.07 bits per heavy atom. The summed E-state index contributed by atoms with van der Waals surface area (Å²) in [6, 6.07) is 12.8. The number of hydrogen-bond donors (Lipinski definition) is 3. The molecule has 1 fully saturated rings. The molecule has 160 valence electrons. The summed E-state index contributed by atoms with van der Waals surface area (Å²) >= 11 is 0. The minimum Gasteiger partial charge on any atom is -0.377 e. The normalized spacial score (nSPS) is 16.2. The van der Waals surface area contributed by atoms with E-state index in [2.05, 4.69) is 15.4 Å². The summed E-state index contributed by atoms with van der Waals surface area (Å²) in [4.78, 5) is 24.3. The highest BCUT2D eigenvalue weighted by molar-refractivity contribution is 7.89. The van der Waals surface area contributed by atoms with Gasteiger partial charge in [-0.2, -0.15) is 0 Å². The number of carbonyl (C=O) groups is 2. The van der Waals surface area contributed by atoms with Gasteiger partial charge in [0.1, 0.15) is 0 Å². The fourth-order valence-electron chi connectivity index (χ4n) is 3.15. The van der Waals surface area contributed by atoms with Gasteiger partial charge in [0.2, 0.25) is 10.0 Å². The third-order valence-electron chi connectivity index (χ3n) is 4.80. The highest BCUT2D eigenvalue weighted by atomic mass is 32.2. The second-order valence-corrected chi connectivity index (χ2v) is 8.74. The van der Waals surface area contributed by atoms with Gasteiger partial charge in [-0.05, 0) is 48.7 Å². The van der Waals surface area contributed by atoms with Crippen molar-refractivity contribution < 1.29 is 22.7 Å². The lowest BCUT2D eigenvalue weighted by Crippen LogP contribution is -2.32. The number of ether oxygens (including phenoxy) is 1. The number of nitrogens with one attached hydrogen (secondary N) is 3. The molecular weight excluding hydrogens is 406 g/mol. The summed E-state index contributed by atoms with van der Waals surface area (Å²) in [5, 5.41) is 5.30. The maximum Gasteiger partial charge on any atom is 0.251 e. The molecule has 1 saturated heterocycles. The largest absolute Gasteiger partial charge is 0.377 e. The highest BCUT2D eigenvalue weighted by Crippen LogP contribution is 2.15. The molecule has 1 aliphatic rings. The molecule has 2 aromatic carbocycles. The molecule has 8 nitrogen and oxygen atoms in total. The van der Waals surface area contributed by atoms with Crippen molar-refractivity contribution in [1.82, 2.24) is 15.4 Å². The predicted octanol–water partition coefficient (Wildman–Crippen LogP) is 1.43. The molecular formula is C21H25N3O5S. The first-order chi connectivity index (χ1) is 14.4. The van der Waals surface area contributed by atoms with Gasteiger partial charge in [0.25, 0.3) is 11.8 Å².